The molecular formula is C21H29N5O2. The number of benzene rings is 1. The maximum absolute atomic E-state index is 12.7. The highest BCUT2D eigenvalue weighted by molar-refractivity contribution is 5.84. The average molecular weight is 383 g/mol. The molecule has 2 aromatic rings. The van der Waals surface area contributed by atoms with Crippen LogP contribution in [-0.2, 0) is 16.1 Å². The molecule has 1 aliphatic heterocycles. The minimum absolute atomic E-state index is 0.0514. The Kier molecular flexibility index (Phi) is 5.88. The standard InChI is InChI=1S/C21H29N5O2/c27-20-12-11-16(15-25(20)17-7-3-1-2-4-8-17)21(28)22-13-14-26-19-10-6-5-9-18(19)23-24-26/h5-6,9-10,16-17H,1-4,7-8,11-15H2,(H,22,28). The van der Waals surface area contributed by atoms with E-state index in [1.807, 2.05) is 33.8 Å². The second kappa shape index (κ2) is 8.71. The molecule has 1 saturated heterocycles. The molecule has 0 bridgehead atoms. The third kappa shape index (κ3) is 4.18. The second-order valence-electron chi connectivity index (χ2n) is 8.02. The molecule has 1 atom stereocenters. The van der Waals surface area contributed by atoms with E-state index in [1.165, 1.54) is 25.7 Å². The molecule has 1 aromatic carbocycles. The first kappa shape index (κ1) is 18.9. The summed E-state index contributed by atoms with van der Waals surface area (Å²) in [5, 5.41) is 11.3. The molecule has 1 N–H and O–H groups in total. The maximum Gasteiger partial charge on any atom is 0.224 e. The number of hydrogen-bond acceptors (Lipinski definition) is 4. The zero-order chi connectivity index (χ0) is 19.3. The van der Waals surface area contributed by atoms with Crippen LogP contribution in [0.2, 0.25) is 0 Å². The number of nitrogens with zero attached hydrogens (tertiary/aromatic N) is 4. The summed E-state index contributed by atoms with van der Waals surface area (Å²) in [5.41, 5.74) is 1.83. The Morgan fingerprint density at radius 3 is 2.71 bits per heavy atom. The molecule has 2 fully saturated rings. The molecule has 1 saturated carbocycles. The normalized spacial score (nSPS) is 21.6. The van der Waals surface area contributed by atoms with Crippen LogP contribution in [0.1, 0.15) is 51.4 Å². The molecule has 4 rings (SSSR count). The number of rotatable bonds is 5. The Labute approximate surface area is 165 Å². The highest BCUT2D eigenvalue weighted by Gasteiger charge is 2.34. The lowest BCUT2D eigenvalue weighted by Gasteiger charge is -2.37. The third-order valence-corrected chi connectivity index (χ3v) is 6.12. The summed E-state index contributed by atoms with van der Waals surface area (Å²) in [4.78, 5) is 27.1. The lowest BCUT2D eigenvalue weighted by atomic mass is 9.93. The van der Waals surface area contributed by atoms with Gasteiger partial charge in [0.25, 0.3) is 0 Å². The van der Waals surface area contributed by atoms with Crippen molar-refractivity contribution < 1.29 is 9.59 Å². The summed E-state index contributed by atoms with van der Waals surface area (Å²) in [5.74, 6) is 0.175. The van der Waals surface area contributed by atoms with Gasteiger partial charge in [0.1, 0.15) is 5.52 Å². The molecule has 2 heterocycles. The van der Waals surface area contributed by atoms with E-state index in [1.54, 1.807) is 0 Å². The zero-order valence-corrected chi connectivity index (χ0v) is 16.3. The number of amides is 2. The molecule has 2 amide bonds. The Morgan fingerprint density at radius 2 is 1.89 bits per heavy atom. The van der Waals surface area contributed by atoms with Crippen molar-refractivity contribution in [3.05, 3.63) is 24.3 Å². The van der Waals surface area contributed by atoms with Crippen LogP contribution in [0.5, 0.6) is 0 Å². The summed E-state index contributed by atoms with van der Waals surface area (Å²) >= 11 is 0. The number of carbonyl (C=O) groups excluding carboxylic acids is 2. The first-order valence-corrected chi connectivity index (χ1v) is 10.6. The van der Waals surface area contributed by atoms with Gasteiger partial charge in [0, 0.05) is 25.6 Å². The van der Waals surface area contributed by atoms with Crippen molar-refractivity contribution in [1.29, 1.82) is 0 Å². The van der Waals surface area contributed by atoms with E-state index in [4.69, 9.17) is 0 Å². The highest BCUT2D eigenvalue weighted by atomic mass is 16.2. The van der Waals surface area contributed by atoms with E-state index in [0.29, 0.717) is 38.5 Å². The van der Waals surface area contributed by atoms with Crippen LogP contribution in [0.25, 0.3) is 11.0 Å². The van der Waals surface area contributed by atoms with Crippen LogP contribution in [0.15, 0.2) is 24.3 Å². The van der Waals surface area contributed by atoms with Crippen molar-refractivity contribution >= 4 is 22.8 Å². The van der Waals surface area contributed by atoms with Crippen LogP contribution in [-0.4, -0.2) is 50.8 Å². The van der Waals surface area contributed by atoms with E-state index in [-0.39, 0.29) is 17.7 Å². The number of likely N-dealkylation sites (tertiary alicyclic amines) is 1. The number of fused-ring (bicyclic) bond motifs is 1. The monoisotopic (exact) mass is 383 g/mol. The van der Waals surface area contributed by atoms with Crippen molar-refractivity contribution in [2.45, 2.75) is 64.0 Å². The lowest BCUT2D eigenvalue weighted by Crippen LogP contribution is -2.50. The zero-order valence-electron chi connectivity index (χ0n) is 16.3. The molecule has 7 nitrogen and oxygen atoms in total. The van der Waals surface area contributed by atoms with Crippen LogP contribution >= 0.6 is 0 Å². The molecule has 1 aliphatic carbocycles. The molecule has 0 spiro atoms. The summed E-state index contributed by atoms with van der Waals surface area (Å²) < 4.78 is 1.82. The molecule has 1 aromatic heterocycles. The summed E-state index contributed by atoms with van der Waals surface area (Å²) in [6, 6.07) is 8.13. The summed E-state index contributed by atoms with van der Waals surface area (Å²) in [6.45, 7) is 1.67. The smallest absolute Gasteiger partial charge is 0.224 e. The first-order valence-electron chi connectivity index (χ1n) is 10.6. The Bertz CT molecular complexity index is 825. The van der Waals surface area contributed by atoms with Gasteiger partial charge >= 0.3 is 0 Å². The average Bonchev–Trinajstić information content (AvgIpc) is 2.93. The molecule has 0 radical (unpaired) electrons. The maximum atomic E-state index is 12.7. The van der Waals surface area contributed by atoms with Crippen molar-refractivity contribution in [3.8, 4) is 0 Å². The SMILES string of the molecule is O=C(NCCn1nnc2ccccc21)C1CCC(=O)N(C2CCCCCC2)C1. The number of carbonyl (C=O) groups is 2. The predicted octanol–water partition coefficient (Wildman–Crippen LogP) is 2.51. The highest BCUT2D eigenvalue weighted by Crippen LogP contribution is 2.27. The van der Waals surface area contributed by atoms with Crippen molar-refractivity contribution in [2.75, 3.05) is 13.1 Å². The van der Waals surface area contributed by atoms with E-state index < -0.39 is 0 Å². The minimum Gasteiger partial charge on any atom is -0.354 e. The molecule has 28 heavy (non-hydrogen) atoms. The Balaban J connectivity index is 1.31. The van der Waals surface area contributed by atoms with Crippen LogP contribution in [0.4, 0.5) is 0 Å². The van der Waals surface area contributed by atoms with Crippen LogP contribution in [0, 0.1) is 5.92 Å². The number of hydrogen-bond donors (Lipinski definition) is 1. The van der Waals surface area contributed by atoms with Gasteiger partial charge in [0.2, 0.25) is 11.8 Å². The Hall–Kier alpha value is -2.44. The largest absolute Gasteiger partial charge is 0.354 e. The fraction of sp³-hybridized carbons (Fsp3) is 0.619. The summed E-state index contributed by atoms with van der Waals surface area (Å²) in [6.07, 6.45) is 8.22. The van der Waals surface area contributed by atoms with Crippen molar-refractivity contribution in [3.63, 3.8) is 0 Å². The number of aromatic nitrogens is 3. The fourth-order valence-electron chi connectivity index (χ4n) is 4.52. The lowest BCUT2D eigenvalue weighted by molar-refractivity contribution is -0.141. The van der Waals surface area contributed by atoms with Gasteiger partial charge in [-0.2, -0.15) is 0 Å². The van der Waals surface area contributed by atoms with E-state index in [2.05, 4.69) is 15.6 Å². The number of nitrogens with one attached hydrogen (secondary N) is 1. The number of para-hydroxylation sites is 1. The minimum atomic E-state index is -0.103. The molecule has 2 aliphatic rings. The van der Waals surface area contributed by atoms with Gasteiger partial charge in [-0.3, -0.25) is 9.59 Å². The number of piperidine rings is 1. The van der Waals surface area contributed by atoms with E-state index in [0.717, 1.165) is 23.9 Å². The van der Waals surface area contributed by atoms with Gasteiger partial charge in [-0.15, -0.1) is 5.10 Å². The Morgan fingerprint density at radius 1 is 1.11 bits per heavy atom. The second-order valence-corrected chi connectivity index (χ2v) is 8.02. The van der Waals surface area contributed by atoms with Crippen LogP contribution < -0.4 is 5.32 Å². The van der Waals surface area contributed by atoms with Gasteiger partial charge in [0.05, 0.1) is 18.0 Å². The van der Waals surface area contributed by atoms with Crippen molar-refractivity contribution in [1.82, 2.24) is 25.2 Å². The molecule has 1 unspecified atom stereocenters. The quantitative estimate of drug-likeness (QED) is 0.805. The van der Waals surface area contributed by atoms with Gasteiger partial charge in [-0.05, 0) is 31.4 Å². The van der Waals surface area contributed by atoms with Gasteiger partial charge in [0.15, 0.2) is 0 Å². The van der Waals surface area contributed by atoms with Crippen molar-refractivity contribution in [2.24, 2.45) is 5.92 Å². The molecule has 150 valence electrons. The van der Waals surface area contributed by atoms with Crippen LogP contribution in [0.3, 0.4) is 0 Å². The predicted molar refractivity (Wildman–Crippen MR) is 106 cm³/mol. The topological polar surface area (TPSA) is 80.1 Å². The molecule has 7 heteroatoms. The third-order valence-electron chi connectivity index (χ3n) is 6.12. The molecular weight excluding hydrogens is 354 g/mol. The van der Waals surface area contributed by atoms with Gasteiger partial charge < -0.3 is 10.2 Å². The van der Waals surface area contributed by atoms with Gasteiger partial charge in [-0.25, -0.2) is 4.68 Å². The van der Waals surface area contributed by atoms with E-state index >= 15 is 0 Å². The summed E-state index contributed by atoms with van der Waals surface area (Å²) in [7, 11) is 0. The first-order chi connectivity index (χ1) is 13.7. The van der Waals surface area contributed by atoms with Gasteiger partial charge in [-0.1, -0.05) is 43.0 Å². The fourth-order valence-corrected chi connectivity index (χ4v) is 4.52. The van der Waals surface area contributed by atoms with E-state index in [9.17, 15) is 9.59 Å².